The maximum absolute atomic E-state index is 11.4. The number of aromatic amines is 2. The Kier molecular flexibility index (Phi) is 3.58. The lowest BCUT2D eigenvalue weighted by Gasteiger charge is -2.28. The Hall–Kier alpha value is -1.63. The third kappa shape index (κ3) is 2.94. The Balaban J connectivity index is 2.04. The van der Waals surface area contributed by atoms with Gasteiger partial charge < -0.3 is 10.6 Å². The fourth-order valence-electron chi connectivity index (χ4n) is 2.08. The van der Waals surface area contributed by atoms with Crippen molar-refractivity contribution in [3.63, 3.8) is 0 Å². The molecule has 0 bridgehead atoms. The maximum Gasteiger partial charge on any atom is 0.342 e. The summed E-state index contributed by atoms with van der Waals surface area (Å²) in [7, 11) is 0. The van der Waals surface area contributed by atoms with Crippen molar-refractivity contribution < 1.29 is 0 Å². The molecule has 2 atom stereocenters. The lowest BCUT2D eigenvalue weighted by molar-refractivity contribution is 0.346. The van der Waals surface area contributed by atoms with Crippen molar-refractivity contribution in [2.75, 3.05) is 18.4 Å². The van der Waals surface area contributed by atoms with Gasteiger partial charge in [0.25, 0.3) is 5.56 Å². The van der Waals surface area contributed by atoms with E-state index in [2.05, 4.69) is 25.8 Å². The van der Waals surface area contributed by atoms with Crippen LogP contribution in [0.2, 0.25) is 0 Å². The highest BCUT2D eigenvalue weighted by Gasteiger charge is 2.20. The zero-order chi connectivity index (χ0) is 12.3. The van der Waals surface area contributed by atoms with Gasteiger partial charge in [-0.3, -0.25) is 9.78 Å². The fraction of sp³-hybridized carbons (Fsp3) is 0.700. The molecule has 2 unspecified atom stereocenters. The number of hydrogen-bond donors (Lipinski definition) is 4. The van der Waals surface area contributed by atoms with Crippen molar-refractivity contribution in [3.8, 4) is 0 Å². The second-order valence-electron chi connectivity index (χ2n) is 4.39. The van der Waals surface area contributed by atoms with Crippen LogP contribution in [0.1, 0.15) is 19.8 Å². The van der Waals surface area contributed by atoms with Crippen LogP contribution in [-0.2, 0) is 0 Å². The van der Waals surface area contributed by atoms with Crippen LogP contribution in [0.25, 0.3) is 0 Å². The van der Waals surface area contributed by atoms with Crippen LogP contribution in [0, 0.1) is 5.92 Å². The molecule has 0 aromatic carbocycles. The van der Waals surface area contributed by atoms with E-state index in [0.29, 0.717) is 5.92 Å². The van der Waals surface area contributed by atoms with Crippen LogP contribution >= 0.6 is 0 Å². The number of nitrogens with zero attached hydrogens (tertiary/aromatic N) is 1. The molecule has 94 valence electrons. The third-order valence-electron chi connectivity index (χ3n) is 3.12. The molecule has 7 heteroatoms. The number of hydrogen-bond acceptors (Lipinski definition) is 5. The molecule has 1 saturated heterocycles. The molecule has 1 fully saturated rings. The molecule has 1 aromatic rings. The summed E-state index contributed by atoms with van der Waals surface area (Å²) in [6.45, 7) is 4.01. The van der Waals surface area contributed by atoms with E-state index in [1.807, 2.05) is 6.92 Å². The van der Waals surface area contributed by atoms with Crippen LogP contribution in [0.15, 0.2) is 9.59 Å². The lowest BCUT2D eigenvalue weighted by atomic mass is 9.93. The third-order valence-corrected chi connectivity index (χ3v) is 3.12. The van der Waals surface area contributed by atoms with Gasteiger partial charge in [-0.25, -0.2) is 9.89 Å². The first-order chi connectivity index (χ1) is 8.16. The Morgan fingerprint density at radius 3 is 2.94 bits per heavy atom. The smallest absolute Gasteiger partial charge is 0.342 e. The minimum Gasteiger partial charge on any atom is -0.361 e. The van der Waals surface area contributed by atoms with E-state index >= 15 is 0 Å². The summed E-state index contributed by atoms with van der Waals surface area (Å²) in [5.41, 5.74) is -1.07. The molecule has 0 spiro atoms. The molecule has 0 amide bonds. The van der Waals surface area contributed by atoms with Gasteiger partial charge in [-0.1, -0.05) is 0 Å². The van der Waals surface area contributed by atoms with E-state index in [0.717, 1.165) is 25.9 Å². The molecule has 0 aliphatic carbocycles. The summed E-state index contributed by atoms with van der Waals surface area (Å²) in [6.07, 6.45) is 2.27. The number of anilines is 1. The van der Waals surface area contributed by atoms with E-state index in [-0.39, 0.29) is 11.9 Å². The van der Waals surface area contributed by atoms with Crippen molar-refractivity contribution in [1.29, 1.82) is 0 Å². The van der Waals surface area contributed by atoms with Crippen LogP contribution in [0.3, 0.4) is 0 Å². The zero-order valence-corrected chi connectivity index (χ0v) is 9.75. The summed E-state index contributed by atoms with van der Waals surface area (Å²) in [6, 6.07) is 0.141. The maximum atomic E-state index is 11.4. The number of piperidine rings is 1. The minimum absolute atomic E-state index is 0.141. The Morgan fingerprint density at radius 2 is 2.29 bits per heavy atom. The monoisotopic (exact) mass is 239 g/mol. The van der Waals surface area contributed by atoms with Crippen LogP contribution in [0.4, 0.5) is 5.82 Å². The van der Waals surface area contributed by atoms with Crippen LogP contribution < -0.4 is 21.9 Å². The van der Waals surface area contributed by atoms with E-state index in [9.17, 15) is 9.59 Å². The largest absolute Gasteiger partial charge is 0.361 e. The van der Waals surface area contributed by atoms with Crippen molar-refractivity contribution in [2.24, 2.45) is 5.92 Å². The van der Waals surface area contributed by atoms with E-state index < -0.39 is 11.2 Å². The van der Waals surface area contributed by atoms with E-state index in [4.69, 9.17) is 0 Å². The number of H-pyrrole nitrogens is 2. The van der Waals surface area contributed by atoms with Crippen molar-refractivity contribution >= 4 is 5.82 Å². The summed E-state index contributed by atoms with van der Waals surface area (Å²) in [5.74, 6) is 0.638. The number of aromatic nitrogens is 3. The standard InChI is InChI=1S/C10H17N5O2/c1-6(7-3-2-4-11-5-7)12-8-9(16)13-10(17)15-14-8/h6-7,11H,2-5H2,1H3,(H,12,14)(H2,13,15,16,17). The average molecular weight is 239 g/mol. The molecule has 0 saturated carbocycles. The predicted molar refractivity (Wildman–Crippen MR) is 64.2 cm³/mol. The van der Waals surface area contributed by atoms with Gasteiger partial charge in [0.2, 0.25) is 5.82 Å². The molecule has 1 aromatic heterocycles. The summed E-state index contributed by atoms with van der Waals surface area (Å²) < 4.78 is 0. The zero-order valence-electron chi connectivity index (χ0n) is 9.75. The van der Waals surface area contributed by atoms with Crippen LogP contribution in [-0.4, -0.2) is 34.3 Å². The molecule has 1 aliphatic rings. The van der Waals surface area contributed by atoms with Crippen LogP contribution in [0.5, 0.6) is 0 Å². The molecular weight excluding hydrogens is 222 g/mol. The minimum atomic E-state index is -0.590. The predicted octanol–water partition coefficient (Wildman–Crippen LogP) is -0.742. The normalized spacial score (nSPS) is 22.1. The summed E-state index contributed by atoms with van der Waals surface area (Å²) >= 11 is 0. The molecule has 1 aliphatic heterocycles. The average Bonchev–Trinajstić information content (AvgIpc) is 2.34. The molecule has 7 nitrogen and oxygen atoms in total. The molecule has 2 rings (SSSR count). The van der Waals surface area contributed by atoms with Gasteiger partial charge in [-0.05, 0) is 38.8 Å². The van der Waals surface area contributed by atoms with E-state index in [1.165, 1.54) is 0 Å². The Labute approximate surface area is 98.0 Å². The first-order valence-corrected chi connectivity index (χ1v) is 5.83. The SMILES string of the molecule is CC(Nc1n[nH]c(=O)[nH]c1=O)C1CCCNC1. The summed E-state index contributed by atoms with van der Waals surface area (Å²) in [4.78, 5) is 24.4. The quantitative estimate of drug-likeness (QED) is 0.556. The topological polar surface area (TPSA) is 103 Å². The van der Waals surface area contributed by atoms with E-state index in [1.54, 1.807) is 0 Å². The van der Waals surface area contributed by atoms with Gasteiger partial charge >= 0.3 is 5.69 Å². The first kappa shape index (κ1) is 11.8. The number of rotatable bonds is 3. The Morgan fingerprint density at radius 1 is 1.47 bits per heavy atom. The second kappa shape index (κ2) is 5.13. The van der Waals surface area contributed by atoms with Gasteiger partial charge in [-0.2, -0.15) is 0 Å². The highest BCUT2D eigenvalue weighted by Crippen LogP contribution is 2.15. The van der Waals surface area contributed by atoms with Gasteiger partial charge in [0.05, 0.1) is 0 Å². The molecule has 4 N–H and O–H groups in total. The molecule has 2 heterocycles. The van der Waals surface area contributed by atoms with Gasteiger partial charge in [0.1, 0.15) is 0 Å². The van der Waals surface area contributed by atoms with Crippen molar-refractivity contribution in [2.45, 2.75) is 25.8 Å². The van der Waals surface area contributed by atoms with Gasteiger partial charge in [0, 0.05) is 6.04 Å². The first-order valence-electron chi connectivity index (χ1n) is 5.83. The number of nitrogens with one attached hydrogen (secondary N) is 4. The van der Waals surface area contributed by atoms with Gasteiger partial charge in [-0.15, -0.1) is 5.10 Å². The second-order valence-corrected chi connectivity index (χ2v) is 4.39. The lowest BCUT2D eigenvalue weighted by Crippen LogP contribution is -2.40. The van der Waals surface area contributed by atoms with Gasteiger partial charge in [0.15, 0.2) is 0 Å². The molecule has 17 heavy (non-hydrogen) atoms. The highest BCUT2D eigenvalue weighted by atomic mass is 16.2. The fourth-order valence-corrected chi connectivity index (χ4v) is 2.08. The molecule has 0 radical (unpaired) electrons. The Bertz CT molecular complexity index is 474. The van der Waals surface area contributed by atoms with Crippen molar-refractivity contribution in [3.05, 3.63) is 20.8 Å². The highest BCUT2D eigenvalue weighted by molar-refractivity contribution is 5.30. The van der Waals surface area contributed by atoms with Crippen molar-refractivity contribution in [1.82, 2.24) is 20.5 Å². The molecular formula is C10H17N5O2. The summed E-state index contributed by atoms with van der Waals surface area (Å²) in [5, 5.41) is 12.3.